The van der Waals surface area contributed by atoms with Crippen molar-refractivity contribution in [2.24, 2.45) is 5.92 Å². The molecule has 0 bridgehead atoms. The zero-order valence-electron chi connectivity index (χ0n) is 8.89. The Balaban J connectivity index is 2.09. The maximum Gasteiger partial charge on any atom is 0.244 e. The van der Waals surface area contributed by atoms with Crippen LogP contribution in [-0.4, -0.2) is 20.1 Å². The highest BCUT2D eigenvalue weighted by atomic mass is 32.2. The molecule has 0 saturated heterocycles. The molecule has 1 aliphatic rings. The van der Waals surface area contributed by atoms with E-state index >= 15 is 0 Å². The summed E-state index contributed by atoms with van der Waals surface area (Å²) in [5.41, 5.74) is 0. The van der Waals surface area contributed by atoms with Gasteiger partial charge in [0.05, 0.1) is 0 Å². The lowest BCUT2D eigenvalue weighted by atomic mass is 9.86. The second kappa shape index (κ2) is 4.43. The molecule has 1 aromatic rings. The lowest BCUT2D eigenvalue weighted by molar-refractivity contribution is 0.316. The van der Waals surface area contributed by atoms with E-state index < -0.39 is 10.0 Å². The van der Waals surface area contributed by atoms with Gasteiger partial charge in [0, 0.05) is 6.54 Å². The van der Waals surface area contributed by atoms with Crippen LogP contribution in [0.25, 0.3) is 0 Å². The largest absolute Gasteiger partial charge is 0.507 e. The van der Waals surface area contributed by atoms with Crippen LogP contribution in [0.1, 0.15) is 19.3 Å². The van der Waals surface area contributed by atoms with E-state index in [1.54, 1.807) is 12.1 Å². The van der Waals surface area contributed by atoms with E-state index in [0.29, 0.717) is 12.5 Å². The van der Waals surface area contributed by atoms with Crippen LogP contribution in [0, 0.1) is 5.92 Å². The fourth-order valence-corrected chi connectivity index (χ4v) is 2.90. The van der Waals surface area contributed by atoms with Gasteiger partial charge in [-0.15, -0.1) is 0 Å². The Labute approximate surface area is 95.4 Å². The SMILES string of the molecule is O=S(=O)(NCC1CCC1)c1ccccc1O. The van der Waals surface area contributed by atoms with Crippen LogP contribution in [-0.2, 0) is 10.0 Å². The van der Waals surface area contributed by atoms with Crippen molar-refractivity contribution in [3.05, 3.63) is 24.3 Å². The molecule has 1 fully saturated rings. The number of hydrogen-bond donors (Lipinski definition) is 2. The van der Waals surface area contributed by atoms with Crippen molar-refractivity contribution >= 4 is 10.0 Å². The number of rotatable bonds is 4. The Morgan fingerprint density at radius 2 is 2.00 bits per heavy atom. The van der Waals surface area contributed by atoms with Gasteiger partial charge in [-0.25, -0.2) is 13.1 Å². The number of phenols is 1. The molecule has 0 heterocycles. The first-order chi connectivity index (χ1) is 7.59. The molecule has 1 aromatic carbocycles. The number of para-hydroxylation sites is 1. The maximum absolute atomic E-state index is 11.8. The van der Waals surface area contributed by atoms with E-state index in [2.05, 4.69) is 4.72 Å². The average Bonchev–Trinajstić information content (AvgIpc) is 2.15. The highest BCUT2D eigenvalue weighted by Crippen LogP contribution is 2.26. The fourth-order valence-electron chi connectivity index (χ4n) is 1.69. The van der Waals surface area contributed by atoms with E-state index in [0.717, 1.165) is 12.8 Å². The predicted octanol–water partition coefficient (Wildman–Crippen LogP) is 1.47. The third-order valence-corrected chi connectivity index (χ3v) is 4.41. The van der Waals surface area contributed by atoms with Gasteiger partial charge in [0.15, 0.2) is 0 Å². The van der Waals surface area contributed by atoms with Crippen molar-refractivity contribution in [3.8, 4) is 5.75 Å². The molecule has 1 aliphatic carbocycles. The van der Waals surface area contributed by atoms with Gasteiger partial charge in [0.1, 0.15) is 10.6 Å². The molecular formula is C11H15NO3S. The van der Waals surface area contributed by atoms with Crippen LogP contribution >= 0.6 is 0 Å². The summed E-state index contributed by atoms with van der Waals surface area (Å²) in [7, 11) is -3.56. The van der Waals surface area contributed by atoms with E-state index in [-0.39, 0.29) is 10.6 Å². The van der Waals surface area contributed by atoms with Crippen molar-refractivity contribution in [2.75, 3.05) is 6.54 Å². The molecule has 5 heteroatoms. The molecule has 88 valence electrons. The lowest BCUT2D eigenvalue weighted by Crippen LogP contribution is -2.32. The molecule has 0 radical (unpaired) electrons. The van der Waals surface area contributed by atoms with E-state index in [1.165, 1.54) is 18.6 Å². The smallest absolute Gasteiger partial charge is 0.244 e. The van der Waals surface area contributed by atoms with E-state index in [9.17, 15) is 13.5 Å². The van der Waals surface area contributed by atoms with Gasteiger partial charge in [0.25, 0.3) is 0 Å². The summed E-state index contributed by atoms with van der Waals surface area (Å²) in [6.07, 6.45) is 3.36. The predicted molar refractivity (Wildman–Crippen MR) is 60.6 cm³/mol. The molecule has 16 heavy (non-hydrogen) atoms. The zero-order valence-corrected chi connectivity index (χ0v) is 9.70. The molecule has 0 atom stereocenters. The van der Waals surface area contributed by atoms with Gasteiger partial charge in [-0.3, -0.25) is 0 Å². The first kappa shape index (κ1) is 11.4. The first-order valence-electron chi connectivity index (χ1n) is 5.37. The van der Waals surface area contributed by atoms with Crippen LogP contribution < -0.4 is 4.72 Å². The van der Waals surface area contributed by atoms with Crippen molar-refractivity contribution in [1.82, 2.24) is 4.72 Å². The third kappa shape index (κ3) is 2.36. The molecule has 0 aromatic heterocycles. The van der Waals surface area contributed by atoms with Crippen LogP contribution in [0.5, 0.6) is 5.75 Å². The monoisotopic (exact) mass is 241 g/mol. The van der Waals surface area contributed by atoms with Gasteiger partial charge in [-0.05, 0) is 30.9 Å². The number of benzene rings is 1. The Morgan fingerprint density at radius 1 is 1.31 bits per heavy atom. The zero-order chi connectivity index (χ0) is 11.6. The minimum Gasteiger partial charge on any atom is -0.507 e. The summed E-state index contributed by atoms with van der Waals surface area (Å²) in [4.78, 5) is -0.0469. The van der Waals surface area contributed by atoms with Crippen molar-refractivity contribution in [2.45, 2.75) is 24.2 Å². The van der Waals surface area contributed by atoms with Crippen molar-refractivity contribution < 1.29 is 13.5 Å². The van der Waals surface area contributed by atoms with Crippen LogP contribution in [0.4, 0.5) is 0 Å². The summed E-state index contributed by atoms with van der Waals surface area (Å²) >= 11 is 0. The molecule has 0 aliphatic heterocycles. The second-order valence-corrected chi connectivity index (χ2v) is 5.85. The Hall–Kier alpha value is -1.07. The fraction of sp³-hybridized carbons (Fsp3) is 0.455. The van der Waals surface area contributed by atoms with Crippen molar-refractivity contribution in [1.29, 1.82) is 0 Å². The molecule has 2 rings (SSSR count). The average molecular weight is 241 g/mol. The lowest BCUT2D eigenvalue weighted by Gasteiger charge is -2.25. The molecule has 1 saturated carbocycles. The summed E-state index contributed by atoms with van der Waals surface area (Å²) in [5.74, 6) is 0.254. The normalized spacial score (nSPS) is 17.0. The molecule has 0 spiro atoms. The van der Waals surface area contributed by atoms with Gasteiger partial charge in [0.2, 0.25) is 10.0 Å². The van der Waals surface area contributed by atoms with Gasteiger partial charge >= 0.3 is 0 Å². The van der Waals surface area contributed by atoms with Crippen molar-refractivity contribution in [3.63, 3.8) is 0 Å². The van der Waals surface area contributed by atoms with Gasteiger partial charge in [-0.1, -0.05) is 18.6 Å². The van der Waals surface area contributed by atoms with Gasteiger partial charge in [-0.2, -0.15) is 0 Å². The highest BCUT2D eigenvalue weighted by molar-refractivity contribution is 7.89. The molecule has 0 amide bonds. The molecule has 0 unspecified atom stereocenters. The first-order valence-corrected chi connectivity index (χ1v) is 6.85. The summed E-state index contributed by atoms with van der Waals surface area (Å²) in [6.45, 7) is 0.469. The minimum absolute atomic E-state index is 0.0469. The number of aromatic hydroxyl groups is 1. The Bertz CT molecular complexity index is 466. The second-order valence-electron chi connectivity index (χ2n) is 4.12. The standard InChI is InChI=1S/C11H15NO3S/c13-10-6-1-2-7-11(10)16(14,15)12-8-9-4-3-5-9/h1-2,6-7,9,12-13H,3-5,8H2. The van der Waals surface area contributed by atoms with Gasteiger partial charge < -0.3 is 5.11 Å². The number of nitrogens with one attached hydrogen (secondary N) is 1. The summed E-state index contributed by atoms with van der Waals surface area (Å²) in [5, 5.41) is 9.46. The third-order valence-electron chi connectivity index (χ3n) is 2.94. The van der Waals surface area contributed by atoms with Crippen LogP contribution in [0.15, 0.2) is 29.2 Å². The topological polar surface area (TPSA) is 66.4 Å². The maximum atomic E-state index is 11.8. The van der Waals surface area contributed by atoms with Crippen LogP contribution in [0.3, 0.4) is 0 Å². The van der Waals surface area contributed by atoms with Crippen LogP contribution in [0.2, 0.25) is 0 Å². The molecule has 4 nitrogen and oxygen atoms in total. The summed E-state index contributed by atoms with van der Waals surface area (Å²) in [6, 6.07) is 5.97. The highest BCUT2D eigenvalue weighted by Gasteiger charge is 2.22. The summed E-state index contributed by atoms with van der Waals surface area (Å²) < 4.78 is 26.2. The number of sulfonamides is 1. The van der Waals surface area contributed by atoms with E-state index in [1.807, 2.05) is 0 Å². The Morgan fingerprint density at radius 3 is 2.56 bits per heavy atom. The molecule has 2 N–H and O–H groups in total. The van der Waals surface area contributed by atoms with E-state index in [4.69, 9.17) is 0 Å². The number of hydrogen-bond acceptors (Lipinski definition) is 3. The number of phenolic OH excluding ortho intramolecular Hbond substituents is 1. The minimum atomic E-state index is -3.56. The quantitative estimate of drug-likeness (QED) is 0.839. The molecular weight excluding hydrogens is 226 g/mol. The Kier molecular flexibility index (Phi) is 3.16.